The first-order valence-electron chi connectivity index (χ1n) is 9.51. The number of aromatic nitrogens is 2. The number of anilines is 1. The van der Waals surface area contributed by atoms with Crippen molar-refractivity contribution in [2.24, 2.45) is 0 Å². The molecular weight excluding hydrogens is 340 g/mol. The van der Waals surface area contributed by atoms with Gasteiger partial charge in [0.15, 0.2) is 0 Å². The number of hydrogen-bond acceptors (Lipinski definition) is 6. The Morgan fingerprint density at radius 3 is 2.48 bits per heavy atom. The van der Waals surface area contributed by atoms with Crippen molar-refractivity contribution in [2.45, 2.75) is 32.4 Å². The number of rotatable bonds is 3. The van der Waals surface area contributed by atoms with Gasteiger partial charge in [0.2, 0.25) is 11.9 Å². The van der Waals surface area contributed by atoms with Crippen LogP contribution in [0.4, 0.5) is 5.95 Å². The summed E-state index contributed by atoms with van der Waals surface area (Å²) in [7, 11) is 0. The Bertz CT molecular complexity index is 803. The SMILES string of the molecule is Cc1ccc(C2CC(C(=O)N3CCN(c4ncccn4)CC3)NN2)cc1C. The Morgan fingerprint density at radius 1 is 1.04 bits per heavy atom. The molecule has 3 heterocycles. The van der Waals surface area contributed by atoms with Gasteiger partial charge in [-0.2, -0.15) is 0 Å². The van der Waals surface area contributed by atoms with E-state index in [1.165, 1.54) is 16.7 Å². The van der Waals surface area contributed by atoms with E-state index in [0.717, 1.165) is 25.5 Å². The van der Waals surface area contributed by atoms with Gasteiger partial charge >= 0.3 is 0 Å². The number of amides is 1. The van der Waals surface area contributed by atoms with E-state index in [9.17, 15) is 4.79 Å². The van der Waals surface area contributed by atoms with Crippen molar-refractivity contribution in [2.75, 3.05) is 31.1 Å². The summed E-state index contributed by atoms with van der Waals surface area (Å²) >= 11 is 0. The highest BCUT2D eigenvalue weighted by Crippen LogP contribution is 2.25. The van der Waals surface area contributed by atoms with Gasteiger partial charge in [0.05, 0.1) is 0 Å². The minimum Gasteiger partial charge on any atom is -0.338 e. The monoisotopic (exact) mass is 366 g/mol. The zero-order valence-corrected chi connectivity index (χ0v) is 15.9. The quantitative estimate of drug-likeness (QED) is 0.854. The molecule has 27 heavy (non-hydrogen) atoms. The Balaban J connectivity index is 1.33. The van der Waals surface area contributed by atoms with E-state index in [1.807, 2.05) is 11.0 Å². The molecule has 4 rings (SSSR count). The third-order valence-electron chi connectivity index (χ3n) is 5.56. The average Bonchev–Trinajstić information content (AvgIpc) is 3.20. The summed E-state index contributed by atoms with van der Waals surface area (Å²) in [5, 5.41) is 0. The Hall–Kier alpha value is -2.51. The molecule has 7 nitrogen and oxygen atoms in total. The molecule has 0 radical (unpaired) electrons. The second-order valence-corrected chi connectivity index (χ2v) is 7.33. The number of nitrogens with one attached hydrogen (secondary N) is 2. The van der Waals surface area contributed by atoms with E-state index < -0.39 is 0 Å². The molecule has 0 bridgehead atoms. The normalized spacial score (nSPS) is 22.9. The molecular formula is C20H26N6O. The number of benzene rings is 1. The molecule has 1 amide bonds. The Labute approximate surface area is 159 Å². The fraction of sp³-hybridized carbons (Fsp3) is 0.450. The summed E-state index contributed by atoms with van der Waals surface area (Å²) in [6.45, 7) is 7.16. The van der Waals surface area contributed by atoms with Crippen LogP contribution in [0.2, 0.25) is 0 Å². The zero-order chi connectivity index (χ0) is 18.8. The van der Waals surface area contributed by atoms with Crippen LogP contribution in [-0.4, -0.2) is 53.0 Å². The van der Waals surface area contributed by atoms with Crippen LogP contribution in [0.15, 0.2) is 36.7 Å². The van der Waals surface area contributed by atoms with Crippen molar-refractivity contribution in [3.8, 4) is 0 Å². The molecule has 1 aromatic heterocycles. The van der Waals surface area contributed by atoms with Crippen LogP contribution in [0.5, 0.6) is 0 Å². The predicted octanol–water partition coefficient (Wildman–Crippen LogP) is 1.35. The third kappa shape index (κ3) is 3.79. The van der Waals surface area contributed by atoms with Crippen molar-refractivity contribution in [1.82, 2.24) is 25.7 Å². The second kappa shape index (κ2) is 7.62. The van der Waals surface area contributed by atoms with Crippen molar-refractivity contribution in [1.29, 1.82) is 0 Å². The molecule has 142 valence electrons. The lowest BCUT2D eigenvalue weighted by atomic mass is 9.98. The molecule has 2 atom stereocenters. The maximum atomic E-state index is 12.9. The lowest BCUT2D eigenvalue weighted by Crippen LogP contribution is -2.54. The summed E-state index contributed by atoms with van der Waals surface area (Å²) in [5.74, 6) is 0.905. The van der Waals surface area contributed by atoms with Gasteiger partial charge in [0.1, 0.15) is 6.04 Å². The number of carbonyl (C=O) groups excluding carboxylic acids is 1. The summed E-state index contributed by atoms with van der Waals surface area (Å²) < 4.78 is 0. The molecule has 2 unspecified atom stereocenters. The highest BCUT2D eigenvalue weighted by Gasteiger charge is 2.34. The fourth-order valence-electron chi connectivity index (χ4n) is 3.72. The average molecular weight is 366 g/mol. The maximum Gasteiger partial charge on any atom is 0.241 e. The standard InChI is InChI=1S/C20H26N6O/c1-14-4-5-16(12-15(14)2)17-13-18(24-23-17)19(27)25-8-10-26(11-9-25)20-21-6-3-7-22-20/h3-7,12,17-18,23-24H,8-11,13H2,1-2H3. The van der Waals surface area contributed by atoms with E-state index in [4.69, 9.17) is 0 Å². The summed E-state index contributed by atoms with van der Waals surface area (Å²) in [6.07, 6.45) is 4.27. The van der Waals surface area contributed by atoms with Crippen LogP contribution in [0.3, 0.4) is 0 Å². The summed E-state index contributed by atoms with van der Waals surface area (Å²) in [4.78, 5) is 25.6. The van der Waals surface area contributed by atoms with Crippen LogP contribution in [0, 0.1) is 13.8 Å². The number of aryl methyl sites for hydroxylation is 2. The van der Waals surface area contributed by atoms with E-state index in [1.54, 1.807) is 12.4 Å². The largest absolute Gasteiger partial charge is 0.338 e. The minimum atomic E-state index is -0.184. The molecule has 1 aromatic carbocycles. The number of carbonyl (C=O) groups is 1. The topological polar surface area (TPSA) is 73.4 Å². The lowest BCUT2D eigenvalue weighted by Gasteiger charge is -2.35. The smallest absolute Gasteiger partial charge is 0.241 e. The van der Waals surface area contributed by atoms with Gasteiger partial charge in [-0.3, -0.25) is 4.79 Å². The molecule has 2 N–H and O–H groups in total. The van der Waals surface area contributed by atoms with Crippen LogP contribution >= 0.6 is 0 Å². The molecule has 2 aliphatic rings. The molecule has 2 aromatic rings. The molecule has 0 spiro atoms. The van der Waals surface area contributed by atoms with E-state index >= 15 is 0 Å². The van der Waals surface area contributed by atoms with Crippen molar-refractivity contribution < 1.29 is 4.79 Å². The molecule has 2 aliphatic heterocycles. The highest BCUT2D eigenvalue weighted by atomic mass is 16.2. The van der Waals surface area contributed by atoms with Gasteiger partial charge in [-0.1, -0.05) is 18.2 Å². The predicted molar refractivity (Wildman–Crippen MR) is 104 cm³/mol. The lowest BCUT2D eigenvalue weighted by molar-refractivity contribution is -0.133. The second-order valence-electron chi connectivity index (χ2n) is 7.33. The van der Waals surface area contributed by atoms with Gasteiger partial charge in [-0.05, 0) is 43.0 Å². The van der Waals surface area contributed by atoms with Crippen molar-refractivity contribution in [3.63, 3.8) is 0 Å². The highest BCUT2D eigenvalue weighted by molar-refractivity contribution is 5.82. The number of hydrazine groups is 1. The van der Waals surface area contributed by atoms with Gasteiger partial charge in [0.25, 0.3) is 0 Å². The number of nitrogens with zero attached hydrogens (tertiary/aromatic N) is 4. The van der Waals surface area contributed by atoms with E-state index in [0.29, 0.717) is 13.1 Å². The van der Waals surface area contributed by atoms with E-state index in [2.05, 4.69) is 57.8 Å². The third-order valence-corrected chi connectivity index (χ3v) is 5.56. The summed E-state index contributed by atoms with van der Waals surface area (Å²) in [6, 6.07) is 8.29. The number of hydrogen-bond donors (Lipinski definition) is 2. The first-order valence-corrected chi connectivity index (χ1v) is 9.51. The zero-order valence-electron chi connectivity index (χ0n) is 15.9. The molecule has 7 heteroatoms. The van der Waals surface area contributed by atoms with Crippen LogP contribution in [0.25, 0.3) is 0 Å². The van der Waals surface area contributed by atoms with Gasteiger partial charge in [-0.15, -0.1) is 0 Å². The summed E-state index contributed by atoms with van der Waals surface area (Å²) in [5.41, 5.74) is 10.3. The molecule has 2 saturated heterocycles. The first kappa shape index (κ1) is 17.9. The van der Waals surface area contributed by atoms with E-state index in [-0.39, 0.29) is 18.0 Å². The maximum absolute atomic E-state index is 12.9. The van der Waals surface area contributed by atoms with Gasteiger partial charge < -0.3 is 9.80 Å². The minimum absolute atomic E-state index is 0.164. The van der Waals surface area contributed by atoms with Crippen molar-refractivity contribution >= 4 is 11.9 Å². The molecule has 0 aliphatic carbocycles. The first-order chi connectivity index (χ1) is 13.1. The Morgan fingerprint density at radius 2 is 1.78 bits per heavy atom. The fourth-order valence-corrected chi connectivity index (χ4v) is 3.72. The van der Waals surface area contributed by atoms with Crippen LogP contribution < -0.4 is 15.8 Å². The van der Waals surface area contributed by atoms with Gasteiger partial charge in [0, 0.05) is 44.6 Å². The van der Waals surface area contributed by atoms with Crippen LogP contribution in [-0.2, 0) is 4.79 Å². The molecule has 2 fully saturated rings. The van der Waals surface area contributed by atoms with Crippen LogP contribution in [0.1, 0.15) is 29.2 Å². The molecule has 0 saturated carbocycles. The number of piperazine rings is 1. The Kier molecular flexibility index (Phi) is 5.05. The van der Waals surface area contributed by atoms with Crippen molar-refractivity contribution in [3.05, 3.63) is 53.3 Å². The van der Waals surface area contributed by atoms with Gasteiger partial charge in [-0.25, -0.2) is 20.8 Å².